The van der Waals surface area contributed by atoms with E-state index in [4.69, 9.17) is 9.47 Å². The average Bonchev–Trinajstić information content (AvgIpc) is 2.82. The Morgan fingerprint density at radius 1 is 0.938 bits per heavy atom. The van der Waals surface area contributed by atoms with Gasteiger partial charge in [-0.25, -0.2) is 4.79 Å². The van der Waals surface area contributed by atoms with E-state index in [9.17, 15) is 10.1 Å². The van der Waals surface area contributed by atoms with E-state index in [1.807, 2.05) is 19.1 Å². The van der Waals surface area contributed by atoms with E-state index in [1.165, 1.54) is 37.7 Å². The highest BCUT2D eigenvalue weighted by atomic mass is 16.5. The summed E-state index contributed by atoms with van der Waals surface area (Å²) in [6.07, 6.45) is 9.52. The molecule has 0 spiro atoms. The van der Waals surface area contributed by atoms with Gasteiger partial charge in [0.15, 0.2) is 0 Å². The van der Waals surface area contributed by atoms with Gasteiger partial charge in [0.05, 0.1) is 17.7 Å². The topological polar surface area (TPSA) is 59.3 Å². The number of benzene rings is 2. The summed E-state index contributed by atoms with van der Waals surface area (Å²) in [5.74, 6) is 0.134. The fraction of sp³-hybridized carbons (Fsp3) is 0.500. The largest absolute Gasteiger partial charge is 0.494 e. The maximum Gasteiger partial charge on any atom is 0.340 e. The second-order valence-corrected chi connectivity index (χ2v) is 8.23. The Hall–Kier alpha value is -2.80. The summed E-state index contributed by atoms with van der Waals surface area (Å²) < 4.78 is 11.5. The number of unbranched alkanes of at least 4 members (excludes halogenated alkanes) is 5. The third kappa shape index (κ3) is 8.04. The minimum atomic E-state index is -0.477. The molecule has 2 aromatic rings. The van der Waals surface area contributed by atoms with Gasteiger partial charge >= 0.3 is 5.97 Å². The molecular weight excluding hydrogens is 398 g/mol. The first-order chi connectivity index (χ1) is 15.6. The zero-order chi connectivity index (χ0) is 23.2. The van der Waals surface area contributed by atoms with Crippen molar-refractivity contribution in [3.63, 3.8) is 0 Å². The molecule has 32 heavy (non-hydrogen) atoms. The first kappa shape index (κ1) is 25.5. The minimum Gasteiger partial charge on any atom is -0.494 e. The molecule has 0 N–H and O–H groups in total. The summed E-state index contributed by atoms with van der Waals surface area (Å²) >= 11 is 0. The monoisotopic (exact) mass is 435 g/mol. The second kappa shape index (κ2) is 14.3. The van der Waals surface area contributed by atoms with Crippen LogP contribution in [0.25, 0.3) is 0 Å². The number of rotatable bonds is 14. The average molecular weight is 436 g/mol. The molecule has 4 heteroatoms. The van der Waals surface area contributed by atoms with E-state index < -0.39 is 5.97 Å². The molecule has 1 unspecified atom stereocenters. The quantitative estimate of drug-likeness (QED) is 0.227. The van der Waals surface area contributed by atoms with E-state index in [0.29, 0.717) is 18.8 Å². The van der Waals surface area contributed by atoms with Gasteiger partial charge in [-0.05, 0) is 55.0 Å². The van der Waals surface area contributed by atoms with Gasteiger partial charge in [-0.3, -0.25) is 0 Å². The normalized spacial score (nSPS) is 11.6. The summed E-state index contributed by atoms with van der Waals surface area (Å²) in [5, 5.41) is 9.55. The molecule has 0 fully saturated rings. The molecule has 0 saturated heterocycles. The van der Waals surface area contributed by atoms with E-state index in [2.05, 4.69) is 32.0 Å². The predicted molar refractivity (Wildman–Crippen MR) is 129 cm³/mol. The molecule has 0 aliphatic heterocycles. The summed E-state index contributed by atoms with van der Waals surface area (Å²) in [7, 11) is 0. The van der Waals surface area contributed by atoms with Crippen LogP contribution in [0.5, 0.6) is 5.75 Å². The van der Waals surface area contributed by atoms with Crippen molar-refractivity contribution in [1.82, 2.24) is 0 Å². The molecule has 0 aromatic heterocycles. The lowest BCUT2D eigenvalue weighted by Crippen LogP contribution is -2.13. The Morgan fingerprint density at radius 2 is 1.66 bits per heavy atom. The van der Waals surface area contributed by atoms with Gasteiger partial charge in [0.25, 0.3) is 0 Å². The lowest BCUT2D eigenvalue weighted by atomic mass is 10.0. The molecule has 0 heterocycles. The van der Waals surface area contributed by atoms with Crippen LogP contribution in [0.3, 0.4) is 0 Å². The fourth-order valence-corrected chi connectivity index (χ4v) is 3.66. The van der Waals surface area contributed by atoms with Crippen molar-refractivity contribution < 1.29 is 14.3 Å². The van der Waals surface area contributed by atoms with Gasteiger partial charge in [0, 0.05) is 0 Å². The lowest BCUT2D eigenvalue weighted by Gasteiger charge is -2.18. The fourth-order valence-electron chi connectivity index (χ4n) is 3.66. The third-order valence-electron chi connectivity index (χ3n) is 5.64. The number of nitrogens with zero attached hydrogens (tertiary/aromatic N) is 1. The van der Waals surface area contributed by atoms with E-state index in [1.54, 1.807) is 18.2 Å². The third-order valence-corrected chi connectivity index (χ3v) is 5.64. The SMILES string of the molecule is CCCCCCOc1ccc(C(=O)OC(CC)c2ccc(CCCCC)cc2)c(C#N)c1. The molecule has 172 valence electrons. The van der Waals surface area contributed by atoms with Crippen LogP contribution in [0.15, 0.2) is 42.5 Å². The number of esters is 1. The number of hydrogen-bond acceptors (Lipinski definition) is 4. The highest BCUT2D eigenvalue weighted by Gasteiger charge is 2.19. The van der Waals surface area contributed by atoms with Crippen LogP contribution in [0.4, 0.5) is 0 Å². The van der Waals surface area contributed by atoms with Gasteiger partial charge in [-0.2, -0.15) is 5.26 Å². The molecule has 0 radical (unpaired) electrons. The molecule has 2 rings (SSSR count). The number of carbonyl (C=O) groups excluding carboxylic acids is 1. The first-order valence-corrected chi connectivity index (χ1v) is 12.1. The summed E-state index contributed by atoms with van der Waals surface area (Å²) in [4.78, 5) is 12.8. The molecule has 1 atom stereocenters. The number of hydrogen-bond donors (Lipinski definition) is 0. The molecule has 0 aliphatic carbocycles. The highest BCUT2D eigenvalue weighted by Crippen LogP contribution is 2.26. The van der Waals surface area contributed by atoms with E-state index >= 15 is 0 Å². The molecule has 0 amide bonds. The molecule has 0 aliphatic rings. The van der Waals surface area contributed by atoms with Crippen LogP contribution >= 0.6 is 0 Å². The zero-order valence-corrected chi connectivity index (χ0v) is 19.9. The van der Waals surface area contributed by atoms with Gasteiger partial charge in [-0.1, -0.05) is 77.1 Å². The van der Waals surface area contributed by atoms with Crippen molar-refractivity contribution in [1.29, 1.82) is 5.26 Å². The first-order valence-electron chi connectivity index (χ1n) is 12.1. The van der Waals surface area contributed by atoms with Crippen molar-refractivity contribution in [3.05, 3.63) is 64.7 Å². The maximum absolute atomic E-state index is 12.8. The van der Waals surface area contributed by atoms with E-state index in [0.717, 1.165) is 24.8 Å². The Morgan fingerprint density at radius 3 is 2.31 bits per heavy atom. The smallest absolute Gasteiger partial charge is 0.340 e. The van der Waals surface area contributed by atoms with Crippen molar-refractivity contribution in [2.75, 3.05) is 6.61 Å². The molecule has 4 nitrogen and oxygen atoms in total. The summed E-state index contributed by atoms with van der Waals surface area (Å²) in [6.45, 7) is 6.98. The second-order valence-electron chi connectivity index (χ2n) is 8.23. The van der Waals surface area contributed by atoms with Gasteiger partial charge < -0.3 is 9.47 Å². The number of ether oxygens (including phenoxy) is 2. The van der Waals surface area contributed by atoms with Crippen LogP contribution in [0, 0.1) is 11.3 Å². The van der Waals surface area contributed by atoms with Gasteiger partial charge in [0.2, 0.25) is 0 Å². The predicted octanol–water partition coefficient (Wildman–Crippen LogP) is 7.56. The number of aryl methyl sites for hydroxylation is 1. The van der Waals surface area contributed by atoms with Crippen LogP contribution in [0.2, 0.25) is 0 Å². The lowest BCUT2D eigenvalue weighted by molar-refractivity contribution is 0.0287. The Labute approximate surface area is 193 Å². The van der Waals surface area contributed by atoms with Crippen molar-refractivity contribution >= 4 is 5.97 Å². The highest BCUT2D eigenvalue weighted by molar-refractivity contribution is 5.92. The summed E-state index contributed by atoms with van der Waals surface area (Å²) in [5.41, 5.74) is 2.84. The molecule has 0 bridgehead atoms. The molecular formula is C28H37NO3. The Bertz CT molecular complexity index is 867. The number of carbonyl (C=O) groups is 1. The molecule has 0 saturated carbocycles. The minimum absolute atomic E-state index is 0.278. The zero-order valence-electron chi connectivity index (χ0n) is 19.9. The van der Waals surface area contributed by atoms with Crippen LogP contribution in [-0.4, -0.2) is 12.6 Å². The Kier molecular flexibility index (Phi) is 11.4. The van der Waals surface area contributed by atoms with E-state index in [-0.39, 0.29) is 17.2 Å². The van der Waals surface area contributed by atoms with Crippen molar-refractivity contribution in [2.45, 2.75) is 84.7 Å². The maximum atomic E-state index is 12.8. The Balaban J connectivity index is 2.00. The van der Waals surface area contributed by atoms with Crippen LogP contribution in [0.1, 0.15) is 105 Å². The van der Waals surface area contributed by atoms with Gasteiger partial charge in [0.1, 0.15) is 17.9 Å². The van der Waals surface area contributed by atoms with Gasteiger partial charge in [-0.15, -0.1) is 0 Å². The molecule has 2 aromatic carbocycles. The van der Waals surface area contributed by atoms with Crippen LogP contribution < -0.4 is 4.74 Å². The number of nitriles is 1. The van der Waals surface area contributed by atoms with Crippen LogP contribution in [-0.2, 0) is 11.2 Å². The van der Waals surface area contributed by atoms with Crippen molar-refractivity contribution in [3.8, 4) is 11.8 Å². The standard InChI is InChI=1S/C28H37NO3/c1-4-7-9-11-19-31-25-17-18-26(24(20-25)21-29)28(30)32-27(6-3)23-15-13-22(14-16-23)12-10-8-5-2/h13-18,20,27H,4-12,19H2,1-3H3. The van der Waals surface area contributed by atoms with Crippen molar-refractivity contribution in [2.24, 2.45) is 0 Å². The summed E-state index contributed by atoms with van der Waals surface area (Å²) in [6, 6.07) is 15.4.